The second kappa shape index (κ2) is 4.41. The van der Waals surface area contributed by atoms with Crippen LogP contribution in [0.5, 0.6) is 0 Å². The van der Waals surface area contributed by atoms with Gasteiger partial charge in [-0.3, -0.25) is 4.98 Å². The molecule has 1 aromatic heterocycles. The van der Waals surface area contributed by atoms with E-state index < -0.39 is 6.10 Å². The molecule has 1 heterocycles. The molecule has 0 unspecified atom stereocenters. The van der Waals surface area contributed by atoms with Gasteiger partial charge in [-0.1, -0.05) is 18.2 Å². The summed E-state index contributed by atoms with van der Waals surface area (Å²) in [5.41, 5.74) is 1.60. The molecule has 1 aromatic carbocycles. The summed E-state index contributed by atoms with van der Waals surface area (Å²) in [5, 5.41) is 9.98. The van der Waals surface area contributed by atoms with E-state index in [9.17, 15) is 9.50 Å². The first-order valence-corrected chi connectivity index (χ1v) is 5.03. The fourth-order valence-electron chi connectivity index (χ4n) is 1.49. The number of hydrogen-bond donors (Lipinski definition) is 1. The number of aryl methyl sites for hydroxylation is 1. The normalized spacial score (nSPS) is 12.4. The molecule has 2 aromatic rings. The van der Waals surface area contributed by atoms with Gasteiger partial charge in [-0.05, 0) is 36.2 Å². The van der Waals surface area contributed by atoms with Gasteiger partial charge in [0.1, 0.15) is 11.9 Å². The fraction of sp³-hybridized carbons (Fsp3) is 0.154. The van der Waals surface area contributed by atoms with Crippen LogP contribution in [-0.4, -0.2) is 10.1 Å². The van der Waals surface area contributed by atoms with Crippen LogP contribution in [-0.2, 0) is 0 Å². The Bertz CT molecular complexity index is 485. The number of rotatable bonds is 2. The van der Waals surface area contributed by atoms with Crippen molar-refractivity contribution >= 4 is 0 Å². The Hall–Kier alpha value is -1.74. The minimum Gasteiger partial charge on any atom is -0.382 e. The molecule has 1 N–H and O–H groups in total. The highest BCUT2D eigenvalue weighted by atomic mass is 19.1. The van der Waals surface area contributed by atoms with E-state index in [0.717, 1.165) is 0 Å². The minimum atomic E-state index is -0.878. The summed E-state index contributed by atoms with van der Waals surface area (Å²) in [6.07, 6.45) is 0.722. The third kappa shape index (κ3) is 2.09. The Kier molecular flexibility index (Phi) is 2.97. The molecule has 2 rings (SSSR count). The van der Waals surface area contributed by atoms with E-state index in [1.807, 2.05) is 0 Å². The van der Waals surface area contributed by atoms with Crippen molar-refractivity contribution < 1.29 is 9.50 Å². The van der Waals surface area contributed by atoms with Gasteiger partial charge in [0, 0.05) is 6.20 Å². The van der Waals surface area contributed by atoms with Crippen molar-refractivity contribution in [2.24, 2.45) is 0 Å². The molecule has 0 fully saturated rings. The number of benzene rings is 1. The number of aromatic nitrogens is 1. The molecular formula is C13H12FNO. The Morgan fingerprint density at radius 1 is 1.25 bits per heavy atom. The van der Waals surface area contributed by atoms with E-state index in [1.54, 1.807) is 43.5 Å². The lowest BCUT2D eigenvalue weighted by atomic mass is 10.0. The van der Waals surface area contributed by atoms with Gasteiger partial charge in [0.15, 0.2) is 0 Å². The number of pyridine rings is 1. The molecule has 0 aliphatic carbocycles. The zero-order valence-electron chi connectivity index (χ0n) is 8.89. The van der Waals surface area contributed by atoms with Gasteiger partial charge in [-0.15, -0.1) is 0 Å². The lowest BCUT2D eigenvalue weighted by molar-refractivity contribution is 0.215. The number of halogens is 1. The first-order valence-electron chi connectivity index (χ1n) is 5.03. The van der Waals surface area contributed by atoms with Gasteiger partial charge >= 0.3 is 0 Å². The molecule has 2 nitrogen and oxygen atoms in total. The van der Waals surface area contributed by atoms with Crippen LogP contribution in [0.25, 0.3) is 0 Å². The van der Waals surface area contributed by atoms with Gasteiger partial charge < -0.3 is 5.11 Å². The van der Waals surface area contributed by atoms with Gasteiger partial charge in [-0.25, -0.2) is 4.39 Å². The third-order valence-electron chi connectivity index (χ3n) is 2.48. The molecule has 0 saturated carbocycles. The highest BCUT2D eigenvalue weighted by Gasteiger charge is 2.12. The Morgan fingerprint density at radius 2 is 2.06 bits per heavy atom. The van der Waals surface area contributed by atoms with E-state index in [2.05, 4.69) is 4.98 Å². The van der Waals surface area contributed by atoms with E-state index in [0.29, 0.717) is 16.8 Å². The maximum Gasteiger partial charge on any atom is 0.126 e. The second-order valence-corrected chi connectivity index (χ2v) is 3.67. The first-order chi connectivity index (χ1) is 7.68. The SMILES string of the molecule is Cc1ccc([C@H](O)c2ccccn2)cc1F. The monoisotopic (exact) mass is 217 g/mol. The number of aliphatic hydroxyl groups is 1. The summed E-state index contributed by atoms with van der Waals surface area (Å²) in [5.74, 6) is -0.313. The van der Waals surface area contributed by atoms with Crippen LogP contribution >= 0.6 is 0 Å². The summed E-state index contributed by atoms with van der Waals surface area (Å²) in [6.45, 7) is 1.69. The maximum atomic E-state index is 13.3. The molecule has 0 saturated heterocycles. The van der Waals surface area contributed by atoms with Crippen molar-refractivity contribution in [3.63, 3.8) is 0 Å². The Morgan fingerprint density at radius 3 is 2.69 bits per heavy atom. The van der Waals surface area contributed by atoms with Gasteiger partial charge in [0.05, 0.1) is 5.69 Å². The van der Waals surface area contributed by atoms with Gasteiger partial charge in [0.25, 0.3) is 0 Å². The smallest absolute Gasteiger partial charge is 0.126 e. The van der Waals surface area contributed by atoms with E-state index in [1.165, 1.54) is 6.07 Å². The minimum absolute atomic E-state index is 0.313. The first kappa shape index (κ1) is 10.8. The number of hydrogen-bond acceptors (Lipinski definition) is 2. The molecule has 82 valence electrons. The lowest BCUT2D eigenvalue weighted by Crippen LogP contribution is -2.02. The summed E-state index contributed by atoms with van der Waals surface area (Å²) in [7, 11) is 0. The molecular weight excluding hydrogens is 205 g/mol. The maximum absolute atomic E-state index is 13.3. The van der Waals surface area contributed by atoms with Crippen LogP contribution in [0.2, 0.25) is 0 Å². The average Bonchev–Trinajstić information content (AvgIpc) is 2.33. The molecule has 0 aliphatic heterocycles. The van der Waals surface area contributed by atoms with Crippen LogP contribution in [0.15, 0.2) is 42.6 Å². The van der Waals surface area contributed by atoms with Gasteiger partial charge in [-0.2, -0.15) is 0 Å². The summed E-state index contributed by atoms with van der Waals surface area (Å²) in [4.78, 5) is 4.03. The molecule has 0 bridgehead atoms. The Balaban J connectivity index is 2.34. The molecule has 0 aliphatic rings. The Labute approximate surface area is 93.4 Å². The topological polar surface area (TPSA) is 33.1 Å². The van der Waals surface area contributed by atoms with E-state index in [4.69, 9.17) is 0 Å². The van der Waals surface area contributed by atoms with Crippen LogP contribution in [0, 0.1) is 12.7 Å². The van der Waals surface area contributed by atoms with Crippen LogP contribution in [0.4, 0.5) is 4.39 Å². The van der Waals surface area contributed by atoms with Crippen LogP contribution in [0.3, 0.4) is 0 Å². The number of aliphatic hydroxyl groups excluding tert-OH is 1. The standard InChI is InChI=1S/C13H12FNO/c1-9-5-6-10(8-11(9)14)13(16)12-4-2-3-7-15-12/h2-8,13,16H,1H3/t13-/m0/s1. The van der Waals surface area contributed by atoms with E-state index in [-0.39, 0.29) is 5.82 Å². The predicted molar refractivity (Wildman–Crippen MR) is 59.4 cm³/mol. The largest absolute Gasteiger partial charge is 0.382 e. The molecule has 0 radical (unpaired) electrons. The van der Waals surface area contributed by atoms with Crippen LogP contribution < -0.4 is 0 Å². The average molecular weight is 217 g/mol. The lowest BCUT2D eigenvalue weighted by Gasteiger charge is -2.10. The highest BCUT2D eigenvalue weighted by Crippen LogP contribution is 2.21. The summed E-state index contributed by atoms with van der Waals surface area (Å²) in [6, 6.07) is 9.97. The highest BCUT2D eigenvalue weighted by molar-refractivity contribution is 5.29. The van der Waals surface area contributed by atoms with Crippen molar-refractivity contribution in [1.29, 1.82) is 0 Å². The molecule has 16 heavy (non-hydrogen) atoms. The molecule has 3 heteroatoms. The predicted octanol–water partition coefficient (Wildman–Crippen LogP) is 2.61. The van der Waals surface area contributed by atoms with Crippen molar-refractivity contribution in [2.75, 3.05) is 0 Å². The molecule has 1 atom stereocenters. The summed E-state index contributed by atoms with van der Waals surface area (Å²) < 4.78 is 13.3. The zero-order chi connectivity index (χ0) is 11.5. The quantitative estimate of drug-likeness (QED) is 0.838. The second-order valence-electron chi connectivity index (χ2n) is 3.67. The molecule has 0 spiro atoms. The van der Waals surface area contributed by atoms with Crippen molar-refractivity contribution in [1.82, 2.24) is 4.98 Å². The van der Waals surface area contributed by atoms with Crippen molar-refractivity contribution in [3.05, 3.63) is 65.2 Å². The van der Waals surface area contributed by atoms with Crippen molar-refractivity contribution in [2.45, 2.75) is 13.0 Å². The third-order valence-corrected chi connectivity index (χ3v) is 2.48. The van der Waals surface area contributed by atoms with Crippen LogP contribution in [0.1, 0.15) is 22.9 Å². The van der Waals surface area contributed by atoms with Crippen molar-refractivity contribution in [3.8, 4) is 0 Å². The number of nitrogens with zero attached hydrogens (tertiary/aromatic N) is 1. The van der Waals surface area contributed by atoms with E-state index >= 15 is 0 Å². The fourth-order valence-corrected chi connectivity index (χ4v) is 1.49. The molecule has 0 amide bonds. The zero-order valence-corrected chi connectivity index (χ0v) is 8.89. The summed E-state index contributed by atoms with van der Waals surface area (Å²) >= 11 is 0. The van der Waals surface area contributed by atoms with Gasteiger partial charge in [0.2, 0.25) is 0 Å².